The van der Waals surface area contributed by atoms with Crippen molar-refractivity contribution < 1.29 is 0 Å². The Balaban J connectivity index is 2.18. The molecule has 0 aromatic carbocycles. The smallest absolute Gasteiger partial charge is 0.0213 e. The van der Waals surface area contributed by atoms with Crippen LogP contribution in [0.1, 0.15) is 50.8 Å². The molecule has 98 valence electrons. The number of hydrogen-bond donors (Lipinski definition) is 2. The topological polar surface area (TPSA) is 38.0 Å². The Labute approximate surface area is 110 Å². The molecule has 1 aromatic rings. The average molecular weight is 254 g/mol. The van der Waals surface area contributed by atoms with Crippen LogP contribution in [0.25, 0.3) is 0 Å². The molecule has 1 aromatic heterocycles. The molecular formula is C14H26N2S. The Morgan fingerprint density at radius 2 is 2.24 bits per heavy atom. The van der Waals surface area contributed by atoms with E-state index in [0.717, 1.165) is 5.92 Å². The van der Waals surface area contributed by atoms with Crippen molar-refractivity contribution in [2.75, 3.05) is 0 Å². The first-order chi connectivity index (χ1) is 8.26. The molecule has 0 saturated heterocycles. The fraction of sp³-hybridized carbons (Fsp3) is 0.714. The van der Waals surface area contributed by atoms with E-state index in [-0.39, 0.29) is 0 Å². The van der Waals surface area contributed by atoms with Gasteiger partial charge in [0.15, 0.2) is 0 Å². The van der Waals surface area contributed by atoms with Gasteiger partial charge < -0.3 is 0 Å². The van der Waals surface area contributed by atoms with Crippen molar-refractivity contribution in [2.45, 2.75) is 58.4 Å². The summed E-state index contributed by atoms with van der Waals surface area (Å²) in [6, 6.07) is 4.83. The summed E-state index contributed by atoms with van der Waals surface area (Å²) in [5, 5.41) is 2.15. The lowest BCUT2D eigenvalue weighted by Crippen LogP contribution is -2.36. The lowest BCUT2D eigenvalue weighted by Gasteiger charge is -2.19. The second-order valence-electron chi connectivity index (χ2n) is 4.96. The third-order valence-electron chi connectivity index (χ3n) is 3.26. The lowest BCUT2D eigenvalue weighted by atomic mass is 9.94. The van der Waals surface area contributed by atoms with Gasteiger partial charge in [0.2, 0.25) is 0 Å². The molecule has 0 aliphatic carbocycles. The summed E-state index contributed by atoms with van der Waals surface area (Å²) in [7, 11) is 0. The summed E-state index contributed by atoms with van der Waals surface area (Å²) in [6.07, 6.45) is 7.39. The van der Waals surface area contributed by atoms with Gasteiger partial charge in [-0.1, -0.05) is 32.8 Å². The molecule has 0 bridgehead atoms. The molecule has 0 spiro atoms. The van der Waals surface area contributed by atoms with Crippen molar-refractivity contribution in [3.8, 4) is 0 Å². The van der Waals surface area contributed by atoms with Crippen LogP contribution in [0.5, 0.6) is 0 Å². The highest BCUT2D eigenvalue weighted by Gasteiger charge is 2.11. The van der Waals surface area contributed by atoms with Gasteiger partial charge in [0, 0.05) is 10.9 Å². The molecule has 2 atom stereocenters. The van der Waals surface area contributed by atoms with Gasteiger partial charge in [0.25, 0.3) is 0 Å². The average Bonchev–Trinajstić information content (AvgIpc) is 2.81. The standard InChI is InChI=1S/C14H26N2S/c1-3-6-12(2)11-13(16-15)7-4-8-14-9-5-10-17-14/h5,9-10,12-13,16H,3-4,6-8,11,15H2,1-2H3. The van der Waals surface area contributed by atoms with E-state index in [1.54, 1.807) is 0 Å². The molecule has 0 aliphatic heterocycles. The monoisotopic (exact) mass is 254 g/mol. The highest BCUT2D eigenvalue weighted by atomic mass is 32.1. The SMILES string of the molecule is CCCC(C)CC(CCCc1cccs1)NN. The van der Waals surface area contributed by atoms with E-state index in [2.05, 4.69) is 36.8 Å². The van der Waals surface area contributed by atoms with Crippen LogP contribution in [0, 0.1) is 5.92 Å². The van der Waals surface area contributed by atoms with Gasteiger partial charge >= 0.3 is 0 Å². The van der Waals surface area contributed by atoms with Gasteiger partial charge in [-0.05, 0) is 43.0 Å². The minimum absolute atomic E-state index is 0.483. The molecule has 3 N–H and O–H groups in total. The number of thiophene rings is 1. The Hall–Kier alpha value is -0.380. The van der Waals surface area contributed by atoms with E-state index in [1.165, 1.54) is 43.4 Å². The van der Waals surface area contributed by atoms with Gasteiger partial charge in [-0.25, -0.2) is 0 Å². The summed E-state index contributed by atoms with van der Waals surface area (Å²) in [4.78, 5) is 1.49. The van der Waals surface area contributed by atoms with E-state index >= 15 is 0 Å². The second-order valence-corrected chi connectivity index (χ2v) is 6.00. The molecule has 0 aliphatic rings. The first kappa shape index (κ1) is 14.7. The van der Waals surface area contributed by atoms with Crippen LogP contribution < -0.4 is 11.3 Å². The molecule has 0 radical (unpaired) electrons. The van der Waals surface area contributed by atoms with E-state index in [9.17, 15) is 0 Å². The third kappa shape index (κ3) is 6.20. The molecule has 2 unspecified atom stereocenters. The normalized spacial score (nSPS) is 14.8. The number of aryl methyl sites for hydroxylation is 1. The number of hydrazine groups is 1. The van der Waals surface area contributed by atoms with Gasteiger partial charge in [0.1, 0.15) is 0 Å². The molecule has 0 fully saturated rings. The zero-order valence-corrected chi connectivity index (χ0v) is 11.9. The predicted octanol–water partition coefficient (Wildman–Crippen LogP) is 3.73. The van der Waals surface area contributed by atoms with Crippen LogP contribution in [0.15, 0.2) is 17.5 Å². The Morgan fingerprint density at radius 1 is 1.41 bits per heavy atom. The molecule has 1 rings (SSSR count). The van der Waals surface area contributed by atoms with Crippen LogP contribution in [-0.4, -0.2) is 6.04 Å². The van der Waals surface area contributed by atoms with Gasteiger partial charge in [-0.15, -0.1) is 11.3 Å². The van der Waals surface area contributed by atoms with E-state index in [1.807, 2.05) is 11.3 Å². The summed E-state index contributed by atoms with van der Waals surface area (Å²) in [5.74, 6) is 6.41. The fourth-order valence-electron chi connectivity index (χ4n) is 2.34. The van der Waals surface area contributed by atoms with Crippen molar-refractivity contribution in [3.05, 3.63) is 22.4 Å². The molecule has 17 heavy (non-hydrogen) atoms. The lowest BCUT2D eigenvalue weighted by molar-refractivity contribution is 0.366. The number of nitrogens with two attached hydrogens (primary N) is 1. The minimum atomic E-state index is 0.483. The number of hydrogen-bond acceptors (Lipinski definition) is 3. The number of nitrogens with one attached hydrogen (secondary N) is 1. The highest BCUT2D eigenvalue weighted by Crippen LogP contribution is 2.17. The fourth-order valence-corrected chi connectivity index (χ4v) is 3.09. The predicted molar refractivity (Wildman–Crippen MR) is 77.1 cm³/mol. The van der Waals surface area contributed by atoms with Crippen molar-refractivity contribution in [2.24, 2.45) is 11.8 Å². The van der Waals surface area contributed by atoms with Crippen LogP contribution in [0.4, 0.5) is 0 Å². The number of rotatable bonds is 9. The Bertz CT molecular complexity index is 272. The van der Waals surface area contributed by atoms with Gasteiger partial charge in [-0.3, -0.25) is 11.3 Å². The quantitative estimate of drug-likeness (QED) is 0.520. The molecule has 0 saturated carbocycles. The van der Waals surface area contributed by atoms with Crippen molar-refractivity contribution in [1.82, 2.24) is 5.43 Å². The summed E-state index contributed by atoms with van der Waals surface area (Å²) < 4.78 is 0. The van der Waals surface area contributed by atoms with Crippen LogP contribution in [0.3, 0.4) is 0 Å². The molecular weight excluding hydrogens is 228 g/mol. The van der Waals surface area contributed by atoms with E-state index in [0.29, 0.717) is 6.04 Å². The highest BCUT2D eigenvalue weighted by molar-refractivity contribution is 7.09. The third-order valence-corrected chi connectivity index (χ3v) is 4.20. The van der Waals surface area contributed by atoms with Gasteiger partial charge in [0.05, 0.1) is 0 Å². The largest absolute Gasteiger partial charge is 0.271 e. The Kier molecular flexibility index (Phi) is 7.49. The molecule has 2 nitrogen and oxygen atoms in total. The van der Waals surface area contributed by atoms with Crippen LogP contribution in [-0.2, 0) is 6.42 Å². The van der Waals surface area contributed by atoms with E-state index < -0.39 is 0 Å². The van der Waals surface area contributed by atoms with Gasteiger partial charge in [-0.2, -0.15) is 0 Å². The van der Waals surface area contributed by atoms with Crippen LogP contribution >= 0.6 is 11.3 Å². The molecule has 3 heteroatoms. The van der Waals surface area contributed by atoms with E-state index in [4.69, 9.17) is 5.84 Å². The minimum Gasteiger partial charge on any atom is -0.271 e. The summed E-state index contributed by atoms with van der Waals surface area (Å²) in [6.45, 7) is 4.57. The first-order valence-corrected chi connectivity index (χ1v) is 7.62. The van der Waals surface area contributed by atoms with Crippen molar-refractivity contribution in [1.29, 1.82) is 0 Å². The van der Waals surface area contributed by atoms with Crippen molar-refractivity contribution >= 4 is 11.3 Å². The Morgan fingerprint density at radius 3 is 2.82 bits per heavy atom. The maximum atomic E-state index is 5.63. The first-order valence-electron chi connectivity index (χ1n) is 6.74. The zero-order valence-electron chi connectivity index (χ0n) is 11.1. The molecule has 0 amide bonds. The maximum absolute atomic E-state index is 5.63. The van der Waals surface area contributed by atoms with Crippen molar-refractivity contribution in [3.63, 3.8) is 0 Å². The zero-order chi connectivity index (χ0) is 12.5. The van der Waals surface area contributed by atoms with Crippen LogP contribution in [0.2, 0.25) is 0 Å². The molecule has 1 heterocycles. The summed E-state index contributed by atoms with van der Waals surface area (Å²) in [5.41, 5.74) is 2.97. The second kappa shape index (κ2) is 8.67. The summed E-state index contributed by atoms with van der Waals surface area (Å²) >= 11 is 1.85. The maximum Gasteiger partial charge on any atom is 0.0213 e.